The van der Waals surface area contributed by atoms with Gasteiger partial charge in [-0.1, -0.05) is 0 Å². The molecule has 1 unspecified atom stereocenters. The van der Waals surface area contributed by atoms with Crippen LogP contribution in [0, 0.1) is 0 Å². The van der Waals surface area contributed by atoms with Crippen LogP contribution >= 0.6 is 0 Å². The van der Waals surface area contributed by atoms with Crippen molar-refractivity contribution in [2.45, 2.75) is 13.0 Å². The average Bonchev–Trinajstić information content (AvgIpc) is 2.52. The fourth-order valence-corrected chi connectivity index (χ4v) is 2.84. The van der Waals surface area contributed by atoms with Crippen LogP contribution in [0.15, 0.2) is 18.2 Å². The number of anilines is 1. The molecule has 0 aliphatic carbocycles. The second kappa shape index (κ2) is 5.61. The van der Waals surface area contributed by atoms with Crippen molar-refractivity contribution >= 4 is 17.5 Å². The Morgan fingerprint density at radius 3 is 2.55 bits per heavy atom. The van der Waals surface area contributed by atoms with Crippen molar-refractivity contribution < 1.29 is 14.3 Å². The van der Waals surface area contributed by atoms with Crippen molar-refractivity contribution in [3.05, 3.63) is 23.8 Å². The van der Waals surface area contributed by atoms with Crippen LogP contribution in [0.25, 0.3) is 0 Å². The van der Waals surface area contributed by atoms with Crippen molar-refractivity contribution in [1.82, 2.24) is 9.80 Å². The predicted molar refractivity (Wildman–Crippen MR) is 83.3 cm³/mol. The first-order chi connectivity index (χ1) is 10.5. The number of ether oxygens (including phenoxy) is 1. The number of amides is 2. The summed E-state index contributed by atoms with van der Waals surface area (Å²) in [5.74, 6) is 0.534. The van der Waals surface area contributed by atoms with E-state index in [-0.39, 0.29) is 11.8 Å². The van der Waals surface area contributed by atoms with Crippen LogP contribution in [0.5, 0.6) is 5.75 Å². The van der Waals surface area contributed by atoms with Crippen molar-refractivity contribution in [3.63, 3.8) is 0 Å². The molecule has 0 radical (unpaired) electrons. The molecule has 3 rings (SSSR count). The molecule has 1 aromatic rings. The van der Waals surface area contributed by atoms with E-state index in [9.17, 15) is 9.59 Å². The Labute approximate surface area is 130 Å². The fraction of sp³-hybridized carbons (Fsp3) is 0.500. The molecule has 0 spiro atoms. The Bertz CT molecular complexity index is 609. The monoisotopic (exact) mass is 303 g/mol. The molecule has 0 aromatic heterocycles. The van der Waals surface area contributed by atoms with Crippen LogP contribution in [-0.2, 0) is 4.79 Å². The lowest BCUT2D eigenvalue weighted by atomic mass is 10.1. The Hall–Kier alpha value is -2.08. The van der Waals surface area contributed by atoms with Crippen LogP contribution < -0.4 is 9.64 Å². The number of carbonyl (C=O) groups is 2. The van der Waals surface area contributed by atoms with Crippen LogP contribution in [-0.4, -0.2) is 68.0 Å². The number of hydrogen-bond acceptors (Lipinski definition) is 4. The number of nitrogens with zero attached hydrogens (tertiary/aromatic N) is 3. The predicted octanol–water partition coefficient (Wildman–Crippen LogP) is 0.818. The lowest BCUT2D eigenvalue weighted by Crippen LogP contribution is -2.47. The third kappa shape index (κ3) is 2.54. The molecule has 22 heavy (non-hydrogen) atoms. The van der Waals surface area contributed by atoms with Gasteiger partial charge in [-0.3, -0.25) is 9.59 Å². The third-order valence-corrected chi connectivity index (χ3v) is 4.34. The van der Waals surface area contributed by atoms with Gasteiger partial charge in [0.15, 0.2) is 6.10 Å². The van der Waals surface area contributed by atoms with E-state index >= 15 is 0 Å². The quantitative estimate of drug-likeness (QED) is 0.771. The molecule has 1 fully saturated rings. The molecular weight excluding hydrogens is 282 g/mol. The van der Waals surface area contributed by atoms with E-state index in [0.717, 1.165) is 26.2 Å². The average molecular weight is 303 g/mol. The van der Waals surface area contributed by atoms with E-state index in [1.165, 1.54) is 0 Å². The highest BCUT2D eigenvalue weighted by molar-refractivity contribution is 6.01. The summed E-state index contributed by atoms with van der Waals surface area (Å²) in [4.78, 5) is 30.1. The first-order valence-electron chi connectivity index (χ1n) is 7.53. The molecule has 0 bridgehead atoms. The molecule has 1 aromatic carbocycles. The topological polar surface area (TPSA) is 53.1 Å². The van der Waals surface area contributed by atoms with Crippen LogP contribution in [0.2, 0.25) is 0 Å². The molecule has 1 atom stereocenters. The fourth-order valence-electron chi connectivity index (χ4n) is 2.84. The molecule has 118 valence electrons. The smallest absolute Gasteiger partial charge is 0.267 e. The molecule has 2 amide bonds. The van der Waals surface area contributed by atoms with Crippen molar-refractivity contribution in [3.8, 4) is 5.75 Å². The van der Waals surface area contributed by atoms with E-state index in [0.29, 0.717) is 17.0 Å². The standard InChI is InChI=1S/C16H21N3O3/c1-11-15(20)18(3)13-5-4-12(10-14(13)22-11)16(21)19-8-6-17(2)7-9-19/h4-5,10-11H,6-9H2,1-3H3. The van der Waals surface area contributed by atoms with Crippen LogP contribution in [0.1, 0.15) is 17.3 Å². The Morgan fingerprint density at radius 1 is 1.18 bits per heavy atom. The maximum atomic E-state index is 12.6. The lowest BCUT2D eigenvalue weighted by Gasteiger charge is -2.33. The van der Waals surface area contributed by atoms with E-state index in [2.05, 4.69) is 11.9 Å². The number of rotatable bonds is 1. The Morgan fingerprint density at radius 2 is 1.86 bits per heavy atom. The Balaban J connectivity index is 1.83. The SMILES string of the molecule is CC1Oc2cc(C(=O)N3CCN(C)CC3)ccc2N(C)C1=O. The zero-order chi connectivity index (χ0) is 15.9. The van der Waals surface area contributed by atoms with Gasteiger partial charge in [-0.15, -0.1) is 0 Å². The zero-order valence-electron chi connectivity index (χ0n) is 13.2. The van der Waals surface area contributed by atoms with Crippen molar-refractivity contribution in [1.29, 1.82) is 0 Å². The van der Waals surface area contributed by atoms with Gasteiger partial charge in [-0.05, 0) is 32.2 Å². The highest BCUT2D eigenvalue weighted by atomic mass is 16.5. The van der Waals surface area contributed by atoms with Crippen LogP contribution in [0.4, 0.5) is 5.69 Å². The number of fused-ring (bicyclic) bond motifs is 1. The maximum Gasteiger partial charge on any atom is 0.267 e. The van der Waals surface area contributed by atoms with Gasteiger partial charge in [0.05, 0.1) is 5.69 Å². The number of benzene rings is 1. The molecular formula is C16H21N3O3. The van der Waals surface area contributed by atoms with Crippen molar-refractivity contribution in [2.75, 3.05) is 45.2 Å². The van der Waals surface area contributed by atoms with Crippen molar-refractivity contribution in [2.24, 2.45) is 0 Å². The van der Waals surface area contributed by atoms with E-state index in [4.69, 9.17) is 4.74 Å². The van der Waals surface area contributed by atoms with E-state index in [1.807, 2.05) is 4.90 Å². The summed E-state index contributed by atoms with van der Waals surface area (Å²) in [6.45, 7) is 4.98. The third-order valence-electron chi connectivity index (χ3n) is 4.34. The molecule has 0 N–H and O–H groups in total. The summed E-state index contributed by atoms with van der Waals surface area (Å²) in [5.41, 5.74) is 1.32. The summed E-state index contributed by atoms with van der Waals surface area (Å²) in [7, 11) is 3.78. The van der Waals surface area contributed by atoms with E-state index in [1.54, 1.807) is 37.1 Å². The molecule has 1 saturated heterocycles. The minimum Gasteiger partial charge on any atom is -0.479 e. The van der Waals surface area contributed by atoms with Gasteiger partial charge in [-0.2, -0.15) is 0 Å². The maximum absolute atomic E-state index is 12.6. The second-order valence-corrected chi connectivity index (χ2v) is 5.94. The van der Waals surface area contributed by atoms with Gasteiger partial charge < -0.3 is 19.4 Å². The van der Waals surface area contributed by atoms with Gasteiger partial charge in [0.1, 0.15) is 5.75 Å². The molecule has 2 aliphatic heterocycles. The summed E-state index contributed by atoms with van der Waals surface area (Å²) >= 11 is 0. The van der Waals surface area contributed by atoms with Gasteiger partial charge in [0.2, 0.25) is 0 Å². The molecule has 0 saturated carbocycles. The second-order valence-electron chi connectivity index (χ2n) is 5.94. The highest BCUT2D eigenvalue weighted by Crippen LogP contribution is 2.34. The summed E-state index contributed by atoms with van der Waals surface area (Å²) in [6, 6.07) is 5.29. The lowest BCUT2D eigenvalue weighted by molar-refractivity contribution is -0.125. The first kappa shape index (κ1) is 14.8. The molecule has 6 heteroatoms. The van der Waals surface area contributed by atoms with Gasteiger partial charge in [-0.25, -0.2) is 0 Å². The normalized spacial score (nSPS) is 22.3. The van der Waals surface area contributed by atoms with Gasteiger partial charge >= 0.3 is 0 Å². The summed E-state index contributed by atoms with van der Waals surface area (Å²) < 4.78 is 5.64. The minimum atomic E-state index is -0.522. The number of hydrogen-bond donors (Lipinski definition) is 0. The first-order valence-corrected chi connectivity index (χ1v) is 7.53. The minimum absolute atomic E-state index is 0.0201. The summed E-state index contributed by atoms with van der Waals surface area (Å²) in [5, 5.41) is 0. The largest absolute Gasteiger partial charge is 0.479 e. The molecule has 6 nitrogen and oxygen atoms in total. The summed E-state index contributed by atoms with van der Waals surface area (Å²) in [6.07, 6.45) is -0.522. The Kier molecular flexibility index (Phi) is 3.78. The highest BCUT2D eigenvalue weighted by Gasteiger charge is 2.30. The van der Waals surface area contributed by atoms with Gasteiger partial charge in [0.25, 0.3) is 11.8 Å². The number of carbonyl (C=O) groups excluding carboxylic acids is 2. The molecule has 2 aliphatic rings. The van der Waals surface area contributed by atoms with E-state index < -0.39 is 6.10 Å². The zero-order valence-corrected chi connectivity index (χ0v) is 13.2. The number of likely N-dealkylation sites (N-methyl/N-ethyl adjacent to an activating group) is 2. The molecule has 2 heterocycles. The van der Waals surface area contributed by atoms with Crippen LogP contribution in [0.3, 0.4) is 0 Å². The van der Waals surface area contributed by atoms with Gasteiger partial charge in [0, 0.05) is 38.8 Å². The number of piperazine rings is 1.